The van der Waals surface area contributed by atoms with Gasteiger partial charge in [0.15, 0.2) is 0 Å². The van der Waals surface area contributed by atoms with Crippen LogP contribution in [0.2, 0.25) is 0 Å². The van der Waals surface area contributed by atoms with Crippen molar-refractivity contribution in [2.24, 2.45) is 0 Å². The molecule has 2 aromatic rings. The Labute approximate surface area is 141 Å². The minimum atomic E-state index is -0.144. The summed E-state index contributed by atoms with van der Waals surface area (Å²) in [6.45, 7) is 2.93. The van der Waals surface area contributed by atoms with Crippen LogP contribution in [0.3, 0.4) is 0 Å². The maximum atomic E-state index is 12.8. The van der Waals surface area contributed by atoms with Crippen LogP contribution in [0.5, 0.6) is 0 Å². The number of rotatable bonds is 7. The van der Waals surface area contributed by atoms with E-state index in [1.54, 1.807) is 11.9 Å². The number of para-hydroxylation sites is 2. The molecule has 6 heteroatoms. The lowest BCUT2D eigenvalue weighted by molar-refractivity contribution is -0.136. The summed E-state index contributed by atoms with van der Waals surface area (Å²) in [5, 5.41) is 2.58. The van der Waals surface area contributed by atoms with Crippen molar-refractivity contribution >= 4 is 22.8 Å². The Morgan fingerprint density at radius 3 is 2.75 bits per heavy atom. The van der Waals surface area contributed by atoms with Gasteiger partial charge in [-0.05, 0) is 31.4 Å². The molecule has 0 bridgehead atoms. The van der Waals surface area contributed by atoms with Crippen molar-refractivity contribution in [1.29, 1.82) is 0 Å². The number of nitrogens with zero attached hydrogens (tertiary/aromatic N) is 3. The standard InChI is InChI=1S/C18H24N4O2/c1-3-10-21(11-16(23)19-2)17(24)12-22-15-7-5-4-6-14(15)20-18(22)13-8-9-13/h4-7,13H,3,8-12H2,1-2H3,(H,19,23). The van der Waals surface area contributed by atoms with Crippen molar-refractivity contribution in [3.05, 3.63) is 30.1 Å². The molecule has 1 aliphatic rings. The van der Waals surface area contributed by atoms with E-state index in [1.165, 1.54) is 0 Å². The summed E-state index contributed by atoms with van der Waals surface area (Å²) in [7, 11) is 1.59. The van der Waals surface area contributed by atoms with Gasteiger partial charge in [0.2, 0.25) is 11.8 Å². The summed E-state index contributed by atoms with van der Waals surface area (Å²) in [6, 6.07) is 7.92. The molecule has 0 spiro atoms. The van der Waals surface area contributed by atoms with Gasteiger partial charge in [0.05, 0.1) is 17.6 Å². The SMILES string of the molecule is CCCN(CC(=O)NC)C(=O)Cn1c(C2CC2)nc2ccccc21. The molecular formula is C18H24N4O2. The number of amides is 2. The highest BCUT2D eigenvalue weighted by Crippen LogP contribution is 2.40. The molecule has 3 rings (SSSR count). The predicted octanol–water partition coefficient (Wildman–Crippen LogP) is 1.90. The highest BCUT2D eigenvalue weighted by molar-refractivity contribution is 5.86. The quantitative estimate of drug-likeness (QED) is 0.844. The number of hydrogen-bond donors (Lipinski definition) is 1. The molecule has 0 atom stereocenters. The number of imidazole rings is 1. The summed E-state index contributed by atoms with van der Waals surface area (Å²) < 4.78 is 2.03. The number of benzene rings is 1. The predicted molar refractivity (Wildman–Crippen MR) is 92.6 cm³/mol. The molecule has 1 fully saturated rings. The van der Waals surface area contributed by atoms with E-state index in [4.69, 9.17) is 4.98 Å². The van der Waals surface area contributed by atoms with E-state index in [1.807, 2.05) is 35.8 Å². The number of carbonyl (C=O) groups excluding carboxylic acids is 2. The van der Waals surface area contributed by atoms with Crippen LogP contribution in [0.15, 0.2) is 24.3 Å². The second-order valence-corrected chi connectivity index (χ2v) is 6.31. The summed E-state index contributed by atoms with van der Waals surface area (Å²) in [6.07, 6.45) is 3.09. The second-order valence-electron chi connectivity index (χ2n) is 6.31. The monoisotopic (exact) mass is 328 g/mol. The maximum Gasteiger partial charge on any atom is 0.243 e. The maximum absolute atomic E-state index is 12.8. The smallest absolute Gasteiger partial charge is 0.243 e. The molecule has 6 nitrogen and oxygen atoms in total. The summed E-state index contributed by atoms with van der Waals surface area (Å²) in [4.78, 5) is 30.8. The molecule has 1 saturated carbocycles. The third kappa shape index (κ3) is 3.42. The van der Waals surface area contributed by atoms with E-state index in [-0.39, 0.29) is 24.9 Å². The lowest BCUT2D eigenvalue weighted by Gasteiger charge is -2.22. The van der Waals surface area contributed by atoms with Crippen LogP contribution >= 0.6 is 0 Å². The summed E-state index contributed by atoms with van der Waals surface area (Å²) in [5.74, 6) is 1.28. The van der Waals surface area contributed by atoms with E-state index in [0.717, 1.165) is 36.1 Å². The van der Waals surface area contributed by atoms with E-state index >= 15 is 0 Å². The van der Waals surface area contributed by atoms with Gasteiger partial charge in [-0.15, -0.1) is 0 Å². The molecule has 0 radical (unpaired) electrons. The number of likely N-dealkylation sites (N-methyl/N-ethyl adjacent to an activating group) is 1. The molecule has 0 unspecified atom stereocenters. The highest BCUT2D eigenvalue weighted by Gasteiger charge is 2.30. The molecule has 1 aliphatic carbocycles. The zero-order valence-corrected chi connectivity index (χ0v) is 14.3. The Bertz CT molecular complexity index is 749. The van der Waals surface area contributed by atoms with E-state index < -0.39 is 0 Å². The van der Waals surface area contributed by atoms with Gasteiger partial charge in [0.25, 0.3) is 0 Å². The molecule has 1 aromatic heterocycles. The Morgan fingerprint density at radius 1 is 1.33 bits per heavy atom. The lowest BCUT2D eigenvalue weighted by Crippen LogP contribution is -2.41. The Hall–Kier alpha value is -2.37. The molecule has 24 heavy (non-hydrogen) atoms. The van der Waals surface area contributed by atoms with Crippen LogP contribution in [0.25, 0.3) is 11.0 Å². The van der Waals surface area contributed by atoms with E-state index in [0.29, 0.717) is 12.5 Å². The minimum absolute atomic E-state index is 0.0366. The first kappa shape index (κ1) is 16.5. The number of aromatic nitrogens is 2. The van der Waals surface area contributed by atoms with Crippen molar-refractivity contribution < 1.29 is 9.59 Å². The van der Waals surface area contributed by atoms with Crippen LogP contribution in [0.1, 0.15) is 37.9 Å². The minimum Gasteiger partial charge on any atom is -0.358 e. The van der Waals surface area contributed by atoms with Crippen molar-refractivity contribution in [2.45, 2.75) is 38.6 Å². The molecule has 128 valence electrons. The number of fused-ring (bicyclic) bond motifs is 1. The number of nitrogens with one attached hydrogen (secondary N) is 1. The first-order chi connectivity index (χ1) is 11.6. The van der Waals surface area contributed by atoms with Crippen LogP contribution in [0, 0.1) is 0 Å². The fourth-order valence-electron chi connectivity index (χ4n) is 2.96. The molecule has 0 saturated heterocycles. The first-order valence-corrected chi connectivity index (χ1v) is 8.57. The first-order valence-electron chi connectivity index (χ1n) is 8.57. The van der Waals surface area contributed by atoms with Crippen LogP contribution in [-0.4, -0.2) is 46.4 Å². The zero-order chi connectivity index (χ0) is 17.1. The van der Waals surface area contributed by atoms with Crippen molar-refractivity contribution in [2.75, 3.05) is 20.1 Å². The van der Waals surface area contributed by atoms with Crippen molar-refractivity contribution in [1.82, 2.24) is 19.8 Å². The number of carbonyl (C=O) groups is 2. The Morgan fingerprint density at radius 2 is 2.08 bits per heavy atom. The third-order valence-corrected chi connectivity index (χ3v) is 4.38. The summed E-state index contributed by atoms with van der Waals surface area (Å²) >= 11 is 0. The zero-order valence-electron chi connectivity index (χ0n) is 14.3. The van der Waals surface area contributed by atoms with Gasteiger partial charge in [-0.25, -0.2) is 4.98 Å². The van der Waals surface area contributed by atoms with Gasteiger partial charge in [-0.3, -0.25) is 9.59 Å². The molecule has 1 aromatic carbocycles. The van der Waals surface area contributed by atoms with Crippen LogP contribution in [-0.2, 0) is 16.1 Å². The van der Waals surface area contributed by atoms with Crippen LogP contribution in [0.4, 0.5) is 0 Å². The van der Waals surface area contributed by atoms with Crippen molar-refractivity contribution in [3.63, 3.8) is 0 Å². The van der Waals surface area contributed by atoms with Gasteiger partial charge < -0.3 is 14.8 Å². The van der Waals surface area contributed by atoms with Gasteiger partial charge in [-0.1, -0.05) is 19.1 Å². The highest BCUT2D eigenvalue weighted by atomic mass is 16.2. The lowest BCUT2D eigenvalue weighted by atomic mass is 10.3. The molecular weight excluding hydrogens is 304 g/mol. The Kier molecular flexibility index (Phi) is 4.83. The molecule has 0 aliphatic heterocycles. The van der Waals surface area contributed by atoms with E-state index in [2.05, 4.69) is 5.32 Å². The fraction of sp³-hybridized carbons (Fsp3) is 0.500. The largest absolute Gasteiger partial charge is 0.358 e. The molecule has 1 heterocycles. The topological polar surface area (TPSA) is 67.2 Å². The average molecular weight is 328 g/mol. The second kappa shape index (κ2) is 7.03. The van der Waals surface area contributed by atoms with Gasteiger partial charge in [0.1, 0.15) is 12.4 Å². The molecule has 1 N–H and O–H groups in total. The summed E-state index contributed by atoms with van der Waals surface area (Å²) in [5.41, 5.74) is 1.92. The van der Waals surface area contributed by atoms with Gasteiger partial charge in [0, 0.05) is 19.5 Å². The Balaban J connectivity index is 1.85. The third-order valence-electron chi connectivity index (χ3n) is 4.38. The van der Waals surface area contributed by atoms with Gasteiger partial charge in [-0.2, -0.15) is 0 Å². The van der Waals surface area contributed by atoms with Crippen LogP contribution < -0.4 is 5.32 Å². The van der Waals surface area contributed by atoms with E-state index in [9.17, 15) is 9.59 Å². The number of hydrogen-bond acceptors (Lipinski definition) is 3. The molecule has 2 amide bonds. The fourth-order valence-corrected chi connectivity index (χ4v) is 2.96. The van der Waals surface area contributed by atoms with Crippen molar-refractivity contribution in [3.8, 4) is 0 Å². The van der Waals surface area contributed by atoms with Gasteiger partial charge >= 0.3 is 0 Å². The average Bonchev–Trinajstić information content (AvgIpc) is 3.37. The normalized spacial score (nSPS) is 13.9.